The van der Waals surface area contributed by atoms with Crippen LogP contribution in [0.2, 0.25) is 0 Å². The molecule has 0 amide bonds. The van der Waals surface area contributed by atoms with Crippen molar-refractivity contribution in [3.05, 3.63) is 6.33 Å². The van der Waals surface area contributed by atoms with Crippen molar-refractivity contribution in [3.8, 4) is 5.75 Å². The highest BCUT2D eigenvalue weighted by atomic mass is 16.5. The summed E-state index contributed by atoms with van der Waals surface area (Å²) in [5.74, 6) is 7.12. The highest BCUT2D eigenvalue weighted by Gasteiger charge is 2.10. The van der Waals surface area contributed by atoms with E-state index in [0.717, 1.165) is 13.0 Å². The molecule has 0 saturated carbocycles. The van der Waals surface area contributed by atoms with Crippen molar-refractivity contribution in [2.24, 2.45) is 5.84 Å². The molecule has 0 aliphatic heterocycles. The summed E-state index contributed by atoms with van der Waals surface area (Å²) in [5.41, 5.74) is 2.51. The third-order valence-corrected chi connectivity index (χ3v) is 3.47. The van der Waals surface area contributed by atoms with Crippen molar-refractivity contribution in [2.75, 3.05) is 24.4 Å². The van der Waals surface area contributed by atoms with Gasteiger partial charge in [-0.15, -0.1) is 0 Å². The summed E-state index contributed by atoms with van der Waals surface area (Å²) >= 11 is 0. The Hall–Kier alpha value is -1.56. The molecule has 0 spiro atoms. The lowest BCUT2D eigenvalue weighted by molar-refractivity contribution is 0.414. The Morgan fingerprint density at radius 1 is 1.00 bits per heavy atom. The number of methoxy groups -OCH3 is 1. The van der Waals surface area contributed by atoms with Crippen LogP contribution in [0.25, 0.3) is 0 Å². The number of ether oxygens (including phenoxy) is 1. The summed E-state index contributed by atoms with van der Waals surface area (Å²) in [6.07, 6.45) is 11.9. The van der Waals surface area contributed by atoms with E-state index in [2.05, 4.69) is 27.6 Å². The number of hydrogen-bond donors (Lipinski definition) is 3. The molecular weight excluding hydrogens is 266 g/mol. The molecule has 1 aromatic rings. The molecule has 6 nitrogen and oxygen atoms in total. The van der Waals surface area contributed by atoms with E-state index >= 15 is 0 Å². The predicted molar refractivity (Wildman–Crippen MR) is 87.5 cm³/mol. The lowest BCUT2D eigenvalue weighted by Gasteiger charge is -2.12. The molecule has 0 aliphatic rings. The number of unbranched alkanes of at least 4 members (excludes halogenated alkanes) is 7. The minimum Gasteiger partial charge on any atom is -0.490 e. The third-order valence-electron chi connectivity index (χ3n) is 3.47. The van der Waals surface area contributed by atoms with Crippen molar-refractivity contribution >= 4 is 11.6 Å². The fraction of sp³-hybridized carbons (Fsp3) is 0.733. The lowest BCUT2D eigenvalue weighted by Crippen LogP contribution is -2.13. The molecule has 120 valence electrons. The Kier molecular flexibility index (Phi) is 9.28. The first-order chi connectivity index (χ1) is 10.3. The number of hydrazine groups is 1. The standard InChI is InChI=1S/C15H29N5O/c1-3-4-5-6-7-8-9-10-11-17-14-13(21-2)15(20-16)19-12-18-14/h12H,3-11,16H2,1-2H3,(H2,17,18,19,20). The fourth-order valence-electron chi connectivity index (χ4n) is 2.26. The summed E-state index contributed by atoms with van der Waals surface area (Å²) in [7, 11) is 1.58. The van der Waals surface area contributed by atoms with Crippen LogP contribution in [0, 0.1) is 0 Å². The SMILES string of the molecule is CCCCCCCCCCNc1ncnc(NN)c1OC. The van der Waals surface area contributed by atoms with E-state index in [-0.39, 0.29) is 0 Å². The van der Waals surface area contributed by atoms with Gasteiger partial charge in [-0.1, -0.05) is 51.9 Å². The summed E-state index contributed by atoms with van der Waals surface area (Å²) in [6, 6.07) is 0. The molecule has 0 unspecified atom stereocenters. The van der Waals surface area contributed by atoms with Gasteiger partial charge in [0, 0.05) is 6.54 Å². The van der Waals surface area contributed by atoms with Crippen molar-refractivity contribution in [1.29, 1.82) is 0 Å². The minimum atomic E-state index is 0.492. The van der Waals surface area contributed by atoms with Crippen LogP contribution in [0.1, 0.15) is 58.3 Å². The fourth-order valence-corrected chi connectivity index (χ4v) is 2.26. The van der Waals surface area contributed by atoms with E-state index in [1.807, 2.05) is 0 Å². The van der Waals surface area contributed by atoms with Gasteiger partial charge >= 0.3 is 0 Å². The van der Waals surface area contributed by atoms with E-state index in [9.17, 15) is 0 Å². The minimum absolute atomic E-state index is 0.492. The average molecular weight is 295 g/mol. The molecule has 0 saturated heterocycles. The molecular formula is C15H29N5O. The Bertz CT molecular complexity index is 386. The van der Waals surface area contributed by atoms with Crippen LogP contribution in [0.3, 0.4) is 0 Å². The number of hydrogen-bond acceptors (Lipinski definition) is 6. The highest BCUT2D eigenvalue weighted by Crippen LogP contribution is 2.27. The van der Waals surface area contributed by atoms with Gasteiger partial charge in [0.15, 0.2) is 11.6 Å². The van der Waals surface area contributed by atoms with E-state index < -0.39 is 0 Å². The van der Waals surface area contributed by atoms with Crippen LogP contribution in [0.4, 0.5) is 11.6 Å². The Labute approximate surface area is 127 Å². The van der Waals surface area contributed by atoms with Crippen molar-refractivity contribution in [2.45, 2.75) is 58.3 Å². The summed E-state index contributed by atoms with van der Waals surface area (Å²) in [4.78, 5) is 8.19. The number of nitrogens with zero attached hydrogens (tertiary/aromatic N) is 2. The summed E-state index contributed by atoms with van der Waals surface area (Å²) in [5, 5.41) is 3.28. The number of nitrogen functional groups attached to an aromatic ring is 1. The van der Waals surface area contributed by atoms with Crippen LogP contribution in [-0.4, -0.2) is 23.6 Å². The van der Waals surface area contributed by atoms with Crippen LogP contribution in [-0.2, 0) is 0 Å². The number of anilines is 2. The zero-order valence-electron chi connectivity index (χ0n) is 13.3. The van der Waals surface area contributed by atoms with E-state index in [4.69, 9.17) is 10.6 Å². The number of aromatic nitrogens is 2. The monoisotopic (exact) mass is 295 g/mol. The lowest BCUT2D eigenvalue weighted by atomic mass is 10.1. The summed E-state index contributed by atoms with van der Waals surface area (Å²) < 4.78 is 5.27. The van der Waals surface area contributed by atoms with E-state index in [0.29, 0.717) is 17.4 Å². The molecule has 1 heterocycles. The molecule has 1 rings (SSSR count). The normalized spacial score (nSPS) is 10.4. The van der Waals surface area contributed by atoms with Gasteiger partial charge in [0.05, 0.1) is 7.11 Å². The van der Waals surface area contributed by atoms with Gasteiger partial charge in [-0.3, -0.25) is 0 Å². The first-order valence-corrected chi connectivity index (χ1v) is 7.93. The van der Waals surface area contributed by atoms with Gasteiger partial charge in [-0.2, -0.15) is 0 Å². The molecule has 0 bridgehead atoms. The largest absolute Gasteiger partial charge is 0.490 e. The Morgan fingerprint density at radius 3 is 2.24 bits per heavy atom. The second kappa shape index (κ2) is 11.1. The molecule has 0 radical (unpaired) electrons. The maximum atomic E-state index is 5.39. The van der Waals surface area contributed by atoms with E-state index in [1.54, 1.807) is 7.11 Å². The first-order valence-electron chi connectivity index (χ1n) is 7.93. The second-order valence-corrected chi connectivity index (χ2v) is 5.15. The van der Waals surface area contributed by atoms with Crippen molar-refractivity contribution in [1.82, 2.24) is 9.97 Å². The molecule has 1 aromatic heterocycles. The maximum Gasteiger partial charge on any atom is 0.205 e. The highest BCUT2D eigenvalue weighted by molar-refractivity contribution is 5.62. The van der Waals surface area contributed by atoms with Crippen LogP contribution in [0.15, 0.2) is 6.33 Å². The molecule has 0 fully saturated rings. The Balaban J connectivity index is 2.18. The van der Waals surface area contributed by atoms with Gasteiger partial charge in [0.1, 0.15) is 6.33 Å². The Morgan fingerprint density at radius 2 is 1.62 bits per heavy atom. The third kappa shape index (κ3) is 6.62. The van der Waals surface area contributed by atoms with Crippen molar-refractivity contribution < 1.29 is 4.74 Å². The predicted octanol–water partition coefficient (Wildman–Crippen LogP) is 3.32. The molecule has 21 heavy (non-hydrogen) atoms. The van der Waals surface area contributed by atoms with Gasteiger partial charge in [-0.25, -0.2) is 15.8 Å². The van der Waals surface area contributed by atoms with Crippen molar-refractivity contribution in [3.63, 3.8) is 0 Å². The van der Waals surface area contributed by atoms with Gasteiger partial charge in [-0.05, 0) is 6.42 Å². The number of rotatable bonds is 12. The molecule has 0 aromatic carbocycles. The second-order valence-electron chi connectivity index (χ2n) is 5.15. The first kappa shape index (κ1) is 17.5. The maximum absolute atomic E-state index is 5.39. The zero-order valence-corrected chi connectivity index (χ0v) is 13.3. The molecule has 4 N–H and O–H groups in total. The van der Waals surface area contributed by atoms with E-state index in [1.165, 1.54) is 51.3 Å². The number of nitrogens with two attached hydrogens (primary N) is 1. The topological polar surface area (TPSA) is 85.1 Å². The number of nitrogens with one attached hydrogen (secondary N) is 2. The summed E-state index contributed by atoms with van der Waals surface area (Å²) in [6.45, 7) is 3.13. The van der Waals surface area contributed by atoms with Gasteiger partial charge in [0.25, 0.3) is 0 Å². The average Bonchev–Trinajstić information content (AvgIpc) is 2.52. The van der Waals surface area contributed by atoms with Gasteiger partial charge in [0.2, 0.25) is 5.75 Å². The molecule has 0 atom stereocenters. The van der Waals surface area contributed by atoms with Crippen LogP contribution < -0.4 is 21.3 Å². The van der Waals surface area contributed by atoms with Crippen LogP contribution >= 0.6 is 0 Å². The quantitative estimate of drug-likeness (QED) is 0.311. The van der Waals surface area contributed by atoms with Crippen LogP contribution in [0.5, 0.6) is 5.75 Å². The molecule has 0 aliphatic carbocycles. The molecule has 6 heteroatoms. The smallest absolute Gasteiger partial charge is 0.205 e. The van der Waals surface area contributed by atoms with Gasteiger partial charge < -0.3 is 15.5 Å². The zero-order chi connectivity index (χ0) is 15.3.